The fraction of sp³-hybridized carbons (Fsp3) is 0.900. The highest BCUT2D eigenvalue weighted by Crippen LogP contribution is 1.98. The van der Waals surface area contributed by atoms with Gasteiger partial charge < -0.3 is 9.47 Å². The SMILES string of the molecule is C1CCOC1.CC#N.CCOCC. The summed E-state index contributed by atoms with van der Waals surface area (Å²) < 4.78 is 9.78. The molecule has 0 amide bonds. The van der Waals surface area contributed by atoms with Crippen LogP contribution < -0.4 is 0 Å². The van der Waals surface area contributed by atoms with Gasteiger partial charge in [0.2, 0.25) is 0 Å². The minimum Gasteiger partial charge on any atom is -0.382 e. The van der Waals surface area contributed by atoms with Crippen molar-refractivity contribution in [1.82, 2.24) is 0 Å². The lowest BCUT2D eigenvalue weighted by molar-refractivity contribution is 0.162. The molecular weight excluding hydrogens is 166 g/mol. The summed E-state index contributed by atoms with van der Waals surface area (Å²) in [5.74, 6) is 0. The van der Waals surface area contributed by atoms with E-state index in [4.69, 9.17) is 14.7 Å². The van der Waals surface area contributed by atoms with E-state index in [1.54, 1.807) is 6.07 Å². The Morgan fingerprint density at radius 3 is 1.69 bits per heavy atom. The molecule has 1 aliphatic rings. The molecule has 0 spiro atoms. The third-order valence-corrected chi connectivity index (χ3v) is 1.24. The van der Waals surface area contributed by atoms with Crippen molar-refractivity contribution in [2.24, 2.45) is 0 Å². The molecule has 0 radical (unpaired) electrons. The molecule has 1 saturated heterocycles. The van der Waals surface area contributed by atoms with Gasteiger partial charge >= 0.3 is 0 Å². The molecule has 3 heteroatoms. The number of nitriles is 1. The van der Waals surface area contributed by atoms with Gasteiger partial charge in [0.25, 0.3) is 0 Å². The van der Waals surface area contributed by atoms with E-state index in [2.05, 4.69) is 0 Å². The molecule has 78 valence electrons. The fourth-order valence-electron chi connectivity index (χ4n) is 0.714. The van der Waals surface area contributed by atoms with Crippen molar-refractivity contribution >= 4 is 0 Å². The van der Waals surface area contributed by atoms with Crippen molar-refractivity contribution in [3.05, 3.63) is 0 Å². The molecule has 0 unspecified atom stereocenters. The minimum atomic E-state index is 0.844. The maximum absolute atomic E-state index is 7.32. The summed E-state index contributed by atoms with van der Waals surface area (Å²) in [6, 6.07) is 1.75. The van der Waals surface area contributed by atoms with Crippen molar-refractivity contribution in [2.45, 2.75) is 33.6 Å². The van der Waals surface area contributed by atoms with Crippen LogP contribution in [0.2, 0.25) is 0 Å². The second kappa shape index (κ2) is 17.5. The molecule has 0 saturated carbocycles. The third-order valence-electron chi connectivity index (χ3n) is 1.24. The monoisotopic (exact) mass is 187 g/mol. The number of ether oxygens (including phenoxy) is 2. The Hall–Kier alpha value is -0.590. The van der Waals surface area contributed by atoms with Gasteiger partial charge in [-0.05, 0) is 26.7 Å². The van der Waals surface area contributed by atoms with Gasteiger partial charge in [-0.2, -0.15) is 5.26 Å². The van der Waals surface area contributed by atoms with Gasteiger partial charge in [-0.25, -0.2) is 0 Å². The summed E-state index contributed by atoms with van der Waals surface area (Å²) >= 11 is 0. The van der Waals surface area contributed by atoms with E-state index in [0.29, 0.717) is 0 Å². The predicted octanol–water partition coefficient (Wildman–Crippen LogP) is 2.37. The van der Waals surface area contributed by atoms with Crippen LogP contribution in [-0.4, -0.2) is 26.4 Å². The van der Waals surface area contributed by atoms with Crippen LogP contribution in [-0.2, 0) is 9.47 Å². The van der Waals surface area contributed by atoms with E-state index in [1.165, 1.54) is 19.8 Å². The van der Waals surface area contributed by atoms with Gasteiger partial charge in [0.1, 0.15) is 0 Å². The van der Waals surface area contributed by atoms with Crippen LogP contribution in [0.1, 0.15) is 33.6 Å². The summed E-state index contributed by atoms with van der Waals surface area (Å²) in [6.07, 6.45) is 2.56. The lowest BCUT2D eigenvalue weighted by Gasteiger charge is -1.86. The Balaban J connectivity index is 0. The lowest BCUT2D eigenvalue weighted by Crippen LogP contribution is -1.84. The summed E-state index contributed by atoms with van der Waals surface area (Å²) in [4.78, 5) is 0. The Morgan fingerprint density at radius 1 is 1.23 bits per heavy atom. The summed E-state index contributed by atoms with van der Waals surface area (Å²) in [6.45, 7) is 9.10. The highest BCUT2D eigenvalue weighted by Gasteiger charge is 1.94. The molecule has 1 aliphatic heterocycles. The highest BCUT2D eigenvalue weighted by atomic mass is 16.5. The van der Waals surface area contributed by atoms with E-state index in [-0.39, 0.29) is 0 Å². The maximum Gasteiger partial charge on any atom is 0.0587 e. The van der Waals surface area contributed by atoms with E-state index >= 15 is 0 Å². The smallest absolute Gasteiger partial charge is 0.0587 e. The zero-order chi connectivity index (χ0) is 10.4. The standard InChI is InChI=1S/C4H8O.C4H10O.C2H3N/c1-2-4-5-3-1;1-3-5-4-2;1-2-3/h1-4H2;3-4H2,1-2H3;1H3. The summed E-state index contributed by atoms with van der Waals surface area (Å²) in [5, 5.41) is 7.32. The molecule has 0 N–H and O–H groups in total. The fourth-order valence-corrected chi connectivity index (χ4v) is 0.714. The van der Waals surface area contributed by atoms with Crippen molar-refractivity contribution in [3.63, 3.8) is 0 Å². The molecule has 1 heterocycles. The zero-order valence-corrected chi connectivity index (χ0v) is 9.01. The van der Waals surface area contributed by atoms with Crippen LogP contribution in [0, 0.1) is 11.3 Å². The number of nitrogens with zero attached hydrogens (tertiary/aromatic N) is 1. The second-order valence-electron chi connectivity index (χ2n) is 2.32. The van der Waals surface area contributed by atoms with Gasteiger partial charge in [0, 0.05) is 33.4 Å². The van der Waals surface area contributed by atoms with Gasteiger partial charge in [0.15, 0.2) is 0 Å². The number of rotatable bonds is 2. The topological polar surface area (TPSA) is 42.2 Å². The third kappa shape index (κ3) is 24.6. The average Bonchev–Trinajstić information content (AvgIpc) is 2.64. The first-order valence-corrected chi connectivity index (χ1v) is 4.79. The molecule has 0 bridgehead atoms. The number of hydrogen-bond acceptors (Lipinski definition) is 3. The van der Waals surface area contributed by atoms with E-state index in [0.717, 1.165) is 26.4 Å². The van der Waals surface area contributed by atoms with Crippen molar-refractivity contribution < 1.29 is 9.47 Å². The van der Waals surface area contributed by atoms with Crippen LogP contribution in [0.5, 0.6) is 0 Å². The second-order valence-corrected chi connectivity index (χ2v) is 2.32. The van der Waals surface area contributed by atoms with Gasteiger partial charge in [0.05, 0.1) is 6.07 Å². The van der Waals surface area contributed by atoms with E-state index in [9.17, 15) is 0 Å². The molecule has 0 atom stereocenters. The van der Waals surface area contributed by atoms with Crippen LogP contribution >= 0.6 is 0 Å². The Morgan fingerprint density at radius 2 is 1.62 bits per heavy atom. The first-order chi connectivity index (χ1) is 6.33. The quantitative estimate of drug-likeness (QED) is 0.666. The van der Waals surface area contributed by atoms with Gasteiger partial charge in [-0.15, -0.1) is 0 Å². The Bertz CT molecular complexity index is 96.4. The van der Waals surface area contributed by atoms with E-state index in [1.807, 2.05) is 13.8 Å². The molecule has 0 aromatic carbocycles. The van der Waals surface area contributed by atoms with Crippen LogP contribution in [0.25, 0.3) is 0 Å². The highest BCUT2D eigenvalue weighted by molar-refractivity contribution is 4.51. The van der Waals surface area contributed by atoms with Crippen LogP contribution in [0.3, 0.4) is 0 Å². The normalized spacial score (nSPS) is 13.1. The predicted molar refractivity (Wildman–Crippen MR) is 53.5 cm³/mol. The van der Waals surface area contributed by atoms with E-state index < -0.39 is 0 Å². The Labute approximate surface area is 81.6 Å². The van der Waals surface area contributed by atoms with Crippen molar-refractivity contribution in [1.29, 1.82) is 5.26 Å². The summed E-state index contributed by atoms with van der Waals surface area (Å²) in [5.41, 5.74) is 0. The van der Waals surface area contributed by atoms with Crippen molar-refractivity contribution in [3.8, 4) is 6.07 Å². The zero-order valence-electron chi connectivity index (χ0n) is 9.01. The molecule has 0 aromatic rings. The summed E-state index contributed by atoms with van der Waals surface area (Å²) in [7, 11) is 0. The van der Waals surface area contributed by atoms with Crippen LogP contribution in [0.15, 0.2) is 0 Å². The van der Waals surface area contributed by atoms with Gasteiger partial charge in [-0.3, -0.25) is 0 Å². The number of hydrogen-bond donors (Lipinski definition) is 0. The molecule has 3 nitrogen and oxygen atoms in total. The molecule has 0 aromatic heterocycles. The molecule has 13 heavy (non-hydrogen) atoms. The molecular formula is C10H21NO2. The first-order valence-electron chi connectivity index (χ1n) is 4.79. The average molecular weight is 187 g/mol. The molecule has 0 aliphatic carbocycles. The Kier molecular flexibility index (Phi) is 20.0. The first kappa shape index (κ1) is 14.9. The maximum atomic E-state index is 7.32. The molecule has 1 rings (SSSR count). The van der Waals surface area contributed by atoms with Gasteiger partial charge in [-0.1, -0.05) is 0 Å². The van der Waals surface area contributed by atoms with Crippen molar-refractivity contribution in [2.75, 3.05) is 26.4 Å². The van der Waals surface area contributed by atoms with Crippen LogP contribution in [0.4, 0.5) is 0 Å². The lowest BCUT2D eigenvalue weighted by atomic mass is 10.4. The largest absolute Gasteiger partial charge is 0.382 e. The minimum absolute atomic E-state index is 0.844. The molecule has 1 fully saturated rings.